The molecule has 0 saturated heterocycles. The van der Waals surface area contributed by atoms with Crippen molar-refractivity contribution in [2.75, 3.05) is 0 Å². The monoisotopic (exact) mass is 259 g/mol. The van der Waals surface area contributed by atoms with E-state index in [-0.39, 0.29) is 0 Å². The van der Waals surface area contributed by atoms with Crippen LogP contribution >= 0.6 is 0 Å². The minimum absolute atomic E-state index is 0.436. The van der Waals surface area contributed by atoms with Gasteiger partial charge in [0.1, 0.15) is 0 Å². The summed E-state index contributed by atoms with van der Waals surface area (Å²) in [5, 5.41) is 3.89. The van der Waals surface area contributed by atoms with Crippen molar-refractivity contribution in [1.82, 2.24) is 5.32 Å². The van der Waals surface area contributed by atoms with Gasteiger partial charge in [0.2, 0.25) is 0 Å². The molecule has 1 fully saturated rings. The van der Waals surface area contributed by atoms with E-state index in [1.807, 2.05) is 0 Å². The molecular formula is C18H29N. The Kier molecular flexibility index (Phi) is 4.35. The van der Waals surface area contributed by atoms with Crippen molar-refractivity contribution in [1.29, 1.82) is 0 Å². The third-order valence-electron chi connectivity index (χ3n) is 4.85. The van der Waals surface area contributed by atoms with Gasteiger partial charge in [0.15, 0.2) is 0 Å². The van der Waals surface area contributed by atoms with Crippen LogP contribution in [0.2, 0.25) is 0 Å². The quantitative estimate of drug-likeness (QED) is 0.812. The molecule has 1 aliphatic rings. The Morgan fingerprint density at radius 2 is 1.95 bits per heavy atom. The van der Waals surface area contributed by atoms with Crippen LogP contribution in [-0.4, -0.2) is 6.04 Å². The average Bonchev–Trinajstić information content (AvgIpc) is 2.31. The van der Waals surface area contributed by atoms with Gasteiger partial charge in [-0.2, -0.15) is 0 Å². The molecule has 106 valence electrons. The molecule has 2 unspecified atom stereocenters. The zero-order valence-corrected chi connectivity index (χ0v) is 13.2. The van der Waals surface area contributed by atoms with Gasteiger partial charge in [0, 0.05) is 12.1 Å². The van der Waals surface area contributed by atoms with Gasteiger partial charge in [-0.25, -0.2) is 0 Å². The lowest BCUT2D eigenvalue weighted by atomic mass is 9.73. The summed E-state index contributed by atoms with van der Waals surface area (Å²) in [6.07, 6.45) is 5.44. The number of benzene rings is 1. The molecule has 0 heterocycles. The van der Waals surface area contributed by atoms with E-state index in [2.05, 4.69) is 58.1 Å². The van der Waals surface area contributed by atoms with Crippen LogP contribution in [-0.2, 0) is 0 Å². The first-order valence-electron chi connectivity index (χ1n) is 7.73. The number of aryl methyl sites for hydroxylation is 2. The van der Waals surface area contributed by atoms with E-state index in [0.29, 0.717) is 17.5 Å². The molecule has 0 spiro atoms. The second-order valence-electron chi connectivity index (χ2n) is 7.04. The molecule has 19 heavy (non-hydrogen) atoms. The van der Waals surface area contributed by atoms with Crippen LogP contribution in [0.15, 0.2) is 18.2 Å². The van der Waals surface area contributed by atoms with Crippen molar-refractivity contribution in [3.05, 3.63) is 34.9 Å². The highest BCUT2D eigenvalue weighted by Crippen LogP contribution is 2.36. The summed E-state index contributed by atoms with van der Waals surface area (Å²) < 4.78 is 0. The van der Waals surface area contributed by atoms with E-state index >= 15 is 0 Å². The van der Waals surface area contributed by atoms with Crippen LogP contribution in [0.3, 0.4) is 0 Å². The van der Waals surface area contributed by atoms with Gasteiger partial charge in [-0.05, 0) is 50.2 Å². The molecule has 1 aromatic rings. The van der Waals surface area contributed by atoms with E-state index in [9.17, 15) is 0 Å². The number of rotatable bonds is 3. The summed E-state index contributed by atoms with van der Waals surface area (Å²) in [5.74, 6) is 0. The first kappa shape index (κ1) is 14.6. The molecule has 1 aliphatic carbocycles. The number of hydrogen-bond donors (Lipinski definition) is 1. The molecule has 1 aromatic carbocycles. The van der Waals surface area contributed by atoms with Crippen molar-refractivity contribution in [3.63, 3.8) is 0 Å². The van der Waals surface area contributed by atoms with Gasteiger partial charge in [0.25, 0.3) is 0 Å². The molecular weight excluding hydrogens is 230 g/mol. The molecule has 1 N–H and O–H groups in total. The zero-order valence-electron chi connectivity index (χ0n) is 13.2. The van der Waals surface area contributed by atoms with Crippen LogP contribution in [0.5, 0.6) is 0 Å². The van der Waals surface area contributed by atoms with Gasteiger partial charge < -0.3 is 5.32 Å². The van der Waals surface area contributed by atoms with Crippen molar-refractivity contribution in [2.45, 2.75) is 72.4 Å². The summed E-state index contributed by atoms with van der Waals surface area (Å²) in [7, 11) is 0. The average molecular weight is 259 g/mol. The summed E-state index contributed by atoms with van der Waals surface area (Å²) in [4.78, 5) is 0. The molecule has 1 saturated carbocycles. The SMILES string of the molecule is Cc1ccc(C(C)NC2CCCCC2(C)C)c(C)c1. The lowest BCUT2D eigenvalue weighted by Crippen LogP contribution is -2.45. The van der Waals surface area contributed by atoms with Crippen molar-refractivity contribution in [2.24, 2.45) is 5.41 Å². The van der Waals surface area contributed by atoms with Gasteiger partial charge >= 0.3 is 0 Å². The van der Waals surface area contributed by atoms with Gasteiger partial charge in [-0.3, -0.25) is 0 Å². The van der Waals surface area contributed by atoms with Crippen LogP contribution < -0.4 is 5.32 Å². The van der Waals surface area contributed by atoms with E-state index in [0.717, 1.165) is 0 Å². The highest BCUT2D eigenvalue weighted by atomic mass is 15.0. The molecule has 0 bridgehead atoms. The Hall–Kier alpha value is -0.820. The standard InChI is InChI=1S/C18H29N/c1-13-9-10-16(14(2)12-13)15(3)19-17-8-6-7-11-18(17,4)5/h9-10,12,15,17,19H,6-8,11H2,1-5H3. The van der Waals surface area contributed by atoms with Crippen molar-refractivity contribution in [3.8, 4) is 0 Å². The second-order valence-corrected chi connectivity index (χ2v) is 7.04. The van der Waals surface area contributed by atoms with E-state index in [1.165, 1.54) is 42.4 Å². The van der Waals surface area contributed by atoms with E-state index < -0.39 is 0 Å². The fourth-order valence-corrected chi connectivity index (χ4v) is 3.51. The fraction of sp³-hybridized carbons (Fsp3) is 0.667. The number of nitrogens with one attached hydrogen (secondary N) is 1. The molecule has 2 rings (SSSR count). The summed E-state index contributed by atoms with van der Waals surface area (Å²) in [5.41, 5.74) is 4.65. The topological polar surface area (TPSA) is 12.0 Å². The van der Waals surface area contributed by atoms with E-state index in [4.69, 9.17) is 0 Å². The Morgan fingerprint density at radius 1 is 1.21 bits per heavy atom. The largest absolute Gasteiger partial charge is 0.307 e. The van der Waals surface area contributed by atoms with Gasteiger partial charge in [-0.1, -0.05) is 50.5 Å². The van der Waals surface area contributed by atoms with Gasteiger partial charge in [0.05, 0.1) is 0 Å². The summed E-state index contributed by atoms with van der Waals surface area (Å²) in [6.45, 7) is 11.5. The normalized spacial score (nSPS) is 24.2. The molecule has 0 aromatic heterocycles. The van der Waals surface area contributed by atoms with Crippen LogP contribution in [0.4, 0.5) is 0 Å². The first-order valence-corrected chi connectivity index (χ1v) is 7.73. The minimum Gasteiger partial charge on any atom is -0.307 e. The molecule has 0 amide bonds. The first-order chi connectivity index (χ1) is 8.90. The molecule has 1 nitrogen and oxygen atoms in total. The third kappa shape index (κ3) is 3.39. The third-order valence-corrected chi connectivity index (χ3v) is 4.85. The summed E-state index contributed by atoms with van der Waals surface area (Å²) >= 11 is 0. The molecule has 0 radical (unpaired) electrons. The molecule has 2 atom stereocenters. The second kappa shape index (κ2) is 5.66. The van der Waals surface area contributed by atoms with Crippen molar-refractivity contribution < 1.29 is 0 Å². The Bertz CT molecular complexity index is 433. The zero-order chi connectivity index (χ0) is 14.0. The Labute approximate surface area is 118 Å². The lowest BCUT2D eigenvalue weighted by molar-refractivity contribution is 0.157. The maximum absolute atomic E-state index is 3.89. The van der Waals surface area contributed by atoms with Crippen LogP contribution in [0, 0.1) is 19.3 Å². The van der Waals surface area contributed by atoms with Crippen molar-refractivity contribution >= 4 is 0 Å². The highest BCUT2D eigenvalue weighted by Gasteiger charge is 2.32. The predicted octanol–water partition coefficient (Wildman–Crippen LogP) is 4.92. The highest BCUT2D eigenvalue weighted by molar-refractivity contribution is 5.32. The maximum Gasteiger partial charge on any atom is 0.0297 e. The molecule has 0 aliphatic heterocycles. The van der Waals surface area contributed by atoms with Gasteiger partial charge in [-0.15, -0.1) is 0 Å². The van der Waals surface area contributed by atoms with E-state index in [1.54, 1.807) is 0 Å². The fourth-order valence-electron chi connectivity index (χ4n) is 3.51. The molecule has 1 heteroatoms. The maximum atomic E-state index is 3.89. The van der Waals surface area contributed by atoms with Crippen LogP contribution in [0.1, 0.15) is 69.2 Å². The Morgan fingerprint density at radius 3 is 2.58 bits per heavy atom. The Balaban J connectivity index is 2.09. The predicted molar refractivity (Wildman–Crippen MR) is 83.5 cm³/mol. The summed E-state index contributed by atoms with van der Waals surface area (Å²) in [6, 6.07) is 7.91. The lowest BCUT2D eigenvalue weighted by Gasteiger charge is -2.41. The van der Waals surface area contributed by atoms with Crippen LogP contribution in [0.25, 0.3) is 0 Å². The minimum atomic E-state index is 0.436. The smallest absolute Gasteiger partial charge is 0.0297 e. The number of hydrogen-bond acceptors (Lipinski definition) is 1.